The second-order valence-electron chi connectivity index (χ2n) is 4.16. The maximum atomic E-state index is 12.3. The molecule has 0 saturated carbocycles. The Morgan fingerprint density at radius 2 is 2.11 bits per heavy atom. The van der Waals surface area contributed by atoms with Crippen molar-refractivity contribution in [2.24, 2.45) is 5.73 Å². The summed E-state index contributed by atoms with van der Waals surface area (Å²) in [6.45, 7) is 3.93. The van der Waals surface area contributed by atoms with Gasteiger partial charge in [0, 0.05) is 19.6 Å². The molecule has 0 fully saturated rings. The van der Waals surface area contributed by atoms with E-state index in [1.165, 1.54) is 4.31 Å². The summed E-state index contributed by atoms with van der Waals surface area (Å²) in [5, 5.41) is 9.49. The molecule has 0 amide bonds. The number of nitrogens with two attached hydrogens (primary N) is 1. The lowest BCUT2D eigenvalue weighted by Gasteiger charge is -2.22. The van der Waals surface area contributed by atoms with Crippen molar-refractivity contribution in [2.75, 3.05) is 19.6 Å². The van der Waals surface area contributed by atoms with E-state index in [9.17, 15) is 13.5 Å². The zero-order chi connectivity index (χ0) is 13.8. The van der Waals surface area contributed by atoms with E-state index in [0.29, 0.717) is 6.54 Å². The Morgan fingerprint density at radius 1 is 1.44 bits per heavy atom. The Hall–Kier alpha value is -0.950. The van der Waals surface area contributed by atoms with Gasteiger partial charge in [-0.15, -0.1) is 0 Å². The first kappa shape index (κ1) is 15.1. The maximum Gasteiger partial charge on any atom is 0.243 e. The van der Waals surface area contributed by atoms with Gasteiger partial charge in [0.25, 0.3) is 0 Å². The van der Waals surface area contributed by atoms with Gasteiger partial charge < -0.3 is 10.8 Å². The molecule has 0 aromatic heterocycles. The molecule has 0 aliphatic heterocycles. The molecule has 0 aliphatic carbocycles. The van der Waals surface area contributed by atoms with E-state index >= 15 is 0 Å². The maximum absolute atomic E-state index is 12.3. The molecule has 0 spiro atoms. The zero-order valence-electron chi connectivity index (χ0n) is 10.7. The predicted molar refractivity (Wildman–Crippen MR) is 70.7 cm³/mol. The van der Waals surface area contributed by atoms with Crippen LogP contribution in [-0.2, 0) is 10.0 Å². The Kier molecular flexibility index (Phi) is 5.28. The van der Waals surface area contributed by atoms with Gasteiger partial charge in [0.05, 0.1) is 11.0 Å². The fourth-order valence-electron chi connectivity index (χ4n) is 1.63. The molecule has 1 aromatic carbocycles. The van der Waals surface area contributed by atoms with Gasteiger partial charge in [-0.1, -0.05) is 19.1 Å². The second kappa shape index (κ2) is 6.29. The summed E-state index contributed by atoms with van der Waals surface area (Å²) in [4.78, 5) is 0.244. The third-order valence-electron chi connectivity index (χ3n) is 2.67. The van der Waals surface area contributed by atoms with Crippen LogP contribution in [0.4, 0.5) is 0 Å². The molecule has 102 valence electrons. The van der Waals surface area contributed by atoms with E-state index in [1.54, 1.807) is 25.1 Å². The van der Waals surface area contributed by atoms with Gasteiger partial charge in [-0.2, -0.15) is 4.31 Å². The molecule has 0 heterocycles. The van der Waals surface area contributed by atoms with Gasteiger partial charge in [-0.05, 0) is 24.6 Å². The van der Waals surface area contributed by atoms with Crippen molar-refractivity contribution >= 4 is 10.0 Å². The number of hydrogen-bond donors (Lipinski definition) is 2. The normalized spacial score (nSPS) is 13.8. The molecular formula is C12H20N2O3S. The van der Waals surface area contributed by atoms with Gasteiger partial charge in [0.15, 0.2) is 0 Å². The molecule has 0 bridgehead atoms. The number of rotatable bonds is 6. The Bertz CT molecular complexity index is 488. The minimum absolute atomic E-state index is 0.0171. The number of aliphatic hydroxyl groups excluding tert-OH is 1. The van der Waals surface area contributed by atoms with Crippen LogP contribution in [0.2, 0.25) is 0 Å². The predicted octanol–water partition coefficient (Wildman–Crippen LogP) is 0.325. The summed E-state index contributed by atoms with van der Waals surface area (Å²) >= 11 is 0. The van der Waals surface area contributed by atoms with Crippen LogP contribution < -0.4 is 5.73 Å². The van der Waals surface area contributed by atoms with Gasteiger partial charge >= 0.3 is 0 Å². The first-order chi connectivity index (χ1) is 8.41. The van der Waals surface area contributed by atoms with E-state index in [1.807, 2.05) is 13.0 Å². The van der Waals surface area contributed by atoms with Crippen LogP contribution in [0.1, 0.15) is 12.5 Å². The summed E-state index contributed by atoms with van der Waals surface area (Å²) in [5.41, 5.74) is 6.19. The smallest absolute Gasteiger partial charge is 0.243 e. The topological polar surface area (TPSA) is 83.6 Å². The molecule has 1 atom stereocenters. The first-order valence-corrected chi connectivity index (χ1v) is 7.30. The lowest BCUT2D eigenvalue weighted by atomic mass is 10.2. The highest BCUT2D eigenvalue weighted by molar-refractivity contribution is 7.89. The molecule has 6 heteroatoms. The third kappa shape index (κ3) is 3.52. The Balaban J connectivity index is 3.03. The molecule has 0 radical (unpaired) electrons. The number of likely N-dealkylation sites (N-methyl/N-ethyl adjacent to an activating group) is 1. The van der Waals surface area contributed by atoms with Crippen LogP contribution in [0.25, 0.3) is 0 Å². The highest BCUT2D eigenvalue weighted by atomic mass is 32.2. The summed E-state index contributed by atoms with van der Waals surface area (Å²) in [6, 6.07) is 6.71. The molecule has 0 aliphatic rings. The van der Waals surface area contributed by atoms with Gasteiger partial charge in [0.1, 0.15) is 0 Å². The molecule has 5 nitrogen and oxygen atoms in total. The average Bonchev–Trinajstić information content (AvgIpc) is 2.35. The van der Waals surface area contributed by atoms with Gasteiger partial charge in [-0.25, -0.2) is 8.42 Å². The molecule has 1 aromatic rings. The minimum Gasteiger partial charge on any atom is -0.390 e. The van der Waals surface area contributed by atoms with Crippen LogP contribution in [0.15, 0.2) is 29.2 Å². The number of hydrogen-bond acceptors (Lipinski definition) is 4. The lowest BCUT2D eigenvalue weighted by molar-refractivity contribution is 0.154. The Morgan fingerprint density at radius 3 is 2.61 bits per heavy atom. The van der Waals surface area contributed by atoms with E-state index in [-0.39, 0.29) is 18.0 Å². The monoisotopic (exact) mass is 272 g/mol. The second-order valence-corrected chi connectivity index (χ2v) is 6.10. The number of nitrogens with zero attached hydrogens (tertiary/aromatic N) is 1. The SMILES string of the molecule is CCN(CC(O)CN)S(=O)(=O)c1cccc(C)c1. The molecule has 3 N–H and O–H groups in total. The van der Waals surface area contributed by atoms with Crippen molar-refractivity contribution in [3.8, 4) is 0 Å². The fraction of sp³-hybridized carbons (Fsp3) is 0.500. The molecular weight excluding hydrogens is 252 g/mol. The van der Waals surface area contributed by atoms with Crippen LogP contribution in [0, 0.1) is 6.92 Å². The van der Waals surface area contributed by atoms with E-state index in [4.69, 9.17) is 5.73 Å². The average molecular weight is 272 g/mol. The van der Waals surface area contributed by atoms with E-state index in [0.717, 1.165) is 5.56 Å². The van der Waals surface area contributed by atoms with Crippen LogP contribution in [-0.4, -0.2) is 43.6 Å². The summed E-state index contributed by atoms with van der Waals surface area (Å²) in [5.74, 6) is 0. The van der Waals surface area contributed by atoms with Crippen molar-refractivity contribution in [1.82, 2.24) is 4.31 Å². The van der Waals surface area contributed by atoms with E-state index < -0.39 is 16.1 Å². The number of aryl methyl sites for hydroxylation is 1. The fourth-order valence-corrected chi connectivity index (χ4v) is 3.22. The van der Waals surface area contributed by atoms with Crippen molar-refractivity contribution in [1.29, 1.82) is 0 Å². The molecule has 0 saturated heterocycles. The standard InChI is InChI=1S/C12H20N2O3S/c1-3-14(9-11(15)8-13)18(16,17)12-6-4-5-10(2)7-12/h4-7,11,15H,3,8-9,13H2,1-2H3. The summed E-state index contributed by atoms with van der Waals surface area (Å²) in [6.07, 6.45) is -0.843. The van der Waals surface area contributed by atoms with Gasteiger partial charge in [-0.3, -0.25) is 0 Å². The Labute approximate surface area is 108 Å². The summed E-state index contributed by atoms with van der Waals surface area (Å²) in [7, 11) is -3.56. The zero-order valence-corrected chi connectivity index (χ0v) is 11.5. The van der Waals surface area contributed by atoms with Crippen molar-refractivity contribution < 1.29 is 13.5 Å². The van der Waals surface area contributed by atoms with Crippen molar-refractivity contribution in [3.63, 3.8) is 0 Å². The molecule has 18 heavy (non-hydrogen) atoms. The number of aliphatic hydroxyl groups is 1. The quantitative estimate of drug-likeness (QED) is 0.781. The van der Waals surface area contributed by atoms with E-state index in [2.05, 4.69) is 0 Å². The number of sulfonamides is 1. The van der Waals surface area contributed by atoms with Crippen molar-refractivity contribution in [3.05, 3.63) is 29.8 Å². The summed E-state index contributed by atoms with van der Waals surface area (Å²) < 4.78 is 25.9. The highest BCUT2D eigenvalue weighted by Gasteiger charge is 2.24. The molecule has 1 unspecified atom stereocenters. The van der Waals surface area contributed by atoms with Crippen LogP contribution >= 0.6 is 0 Å². The largest absolute Gasteiger partial charge is 0.390 e. The highest BCUT2D eigenvalue weighted by Crippen LogP contribution is 2.16. The van der Waals surface area contributed by atoms with Crippen LogP contribution in [0.3, 0.4) is 0 Å². The van der Waals surface area contributed by atoms with Crippen molar-refractivity contribution in [2.45, 2.75) is 24.8 Å². The van der Waals surface area contributed by atoms with Gasteiger partial charge in [0.2, 0.25) is 10.0 Å². The third-order valence-corrected chi connectivity index (χ3v) is 4.60. The first-order valence-electron chi connectivity index (χ1n) is 5.86. The number of benzene rings is 1. The lowest BCUT2D eigenvalue weighted by Crippen LogP contribution is -2.40. The minimum atomic E-state index is -3.56. The molecule has 1 rings (SSSR count). The van der Waals surface area contributed by atoms with Crippen LogP contribution in [0.5, 0.6) is 0 Å².